The lowest BCUT2D eigenvalue weighted by atomic mass is 10.0. The third-order valence-electron chi connectivity index (χ3n) is 6.18. The SMILES string of the molecule is COc1ccc(CCNC(=O)[C@@H](C)[C@H]2Sc3ccccc3N(Cc3cccc(Cl)c3)C2=O)cc1OC. The summed E-state index contributed by atoms with van der Waals surface area (Å²) in [5.74, 6) is 0.569. The molecule has 0 bridgehead atoms. The number of benzene rings is 3. The predicted octanol–water partition coefficient (Wildman–Crippen LogP) is 5.36. The van der Waals surface area contributed by atoms with Crippen LogP contribution in [0.15, 0.2) is 71.6 Å². The van der Waals surface area contributed by atoms with Crippen LogP contribution in [0.25, 0.3) is 0 Å². The summed E-state index contributed by atoms with van der Waals surface area (Å²) in [6.45, 7) is 2.65. The highest BCUT2D eigenvalue weighted by Crippen LogP contribution is 2.42. The maximum absolute atomic E-state index is 13.6. The van der Waals surface area contributed by atoms with E-state index in [2.05, 4.69) is 5.32 Å². The number of carbonyl (C=O) groups is 2. The van der Waals surface area contributed by atoms with E-state index >= 15 is 0 Å². The number of thioether (sulfide) groups is 1. The third kappa shape index (κ3) is 5.79. The number of para-hydroxylation sites is 1. The van der Waals surface area contributed by atoms with Gasteiger partial charge in [-0.05, 0) is 53.9 Å². The number of ether oxygens (including phenoxy) is 2. The van der Waals surface area contributed by atoms with E-state index in [0.717, 1.165) is 21.7 Å². The minimum absolute atomic E-state index is 0.0822. The monoisotopic (exact) mass is 524 g/mol. The lowest BCUT2D eigenvalue weighted by Crippen LogP contribution is -2.47. The quantitative estimate of drug-likeness (QED) is 0.408. The molecule has 1 N–H and O–H groups in total. The molecule has 0 saturated carbocycles. The number of hydrogen-bond acceptors (Lipinski definition) is 5. The van der Waals surface area contributed by atoms with E-state index in [1.165, 1.54) is 11.8 Å². The molecule has 2 atom stereocenters. The van der Waals surface area contributed by atoms with Gasteiger partial charge in [-0.1, -0.05) is 48.9 Å². The van der Waals surface area contributed by atoms with Crippen molar-refractivity contribution in [3.05, 3.63) is 82.9 Å². The van der Waals surface area contributed by atoms with Gasteiger partial charge in [0.05, 0.1) is 32.4 Å². The number of amides is 2. The van der Waals surface area contributed by atoms with Crippen molar-refractivity contribution in [1.29, 1.82) is 0 Å². The molecule has 0 fully saturated rings. The number of fused-ring (bicyclic) bond motifs is 1. The van der Waals surface area contributed by atoms with Crippen LogP contribution in [0.1, 0.15) is 18.1 Å². The summed E-state index contributed by atoms with van der Waals surface area (Å²) in [7, 11) is 3.19. The van der Waals surface area contributed by atoms with Crippen molar-refractivity contribution >= 4 is 40.9 Å². The fourth-order valence-electron chi connectivity index (χ4n) is 4.20. The first-order chi connectivity index (χ1) is 17.4. The molecule has 0 aromatic heterocycles. The lowest BCUT2D eigenvalue weighted by Gasteiger charge is -2.35. The molecule has 4 rings (SSSR count). The molecular formula is C28H29ClN2O4S. The van der Waals surface area contributed by atoms with Crippen molar-refractivity contribution in [2.75, 3.05) is 25.7 Å². The Morgan fingerprint density at radius 3 is 2.56 bits per heavy atom. The average molecular weight is 525 g/mol. The minimum atomic E-state index is -0.528. The molecule has 6 nitrogen and oxygen atoms in total. The zero-order chi connectivity index (χ0) is 25.7. The summed E-state index contributed by atoms with van der Waals surface area (Å²) in [6, 6.07) is 21.0. The van der Waals surface area contributed by atoms with Crippen molar-refractivity contribution in [1.82, 2.24) is 5.32 Å². The molecule has 0 unspecified atom stereocenters. The number of rotatable bonds is 9. The fourth-order valence-corrected chi connectivity index (χ4v) is 5.70. The summed E-state index contributed by atoms with van der Waals surface area (Å²) in [6.07, 6.45) is 0.633. The Balaban J connectivity index is 1.44. The van der Waals surface area contributed by atoms with Crippen molar-refractivity contribution in [3.63, 3.8) is 0 Å². The summed E-state index contributed by atoms with van der Waals surface area (Å²) in [4.78, 5) is 29.4. The number of halogens is 1. The molecule has 1 heterocycles. The van der Waals surface area contributed by atoms with E-state index in [0.29, 0.717) is 36.0 Å². The van der Waals surface area contributed by atoms with Crippen LogP contribution in [0.3, 0.4) is 0 Å². The van der Waals surface area contributed by atoms with Crippen LogP contribution >= 0.6 is 23.4 Å². The normalized spacial score (nSPS) is 15.7. The third-order valence-corrected chi connectivity index (χ3v) is 7.88. The van der Waals surface area contributed by atoms with Crippen molar-refractivity contribution in [3.8, 4) is 11.5 Å². The van der Waals surface area contributed by atoms with Gasteiger partial charge in [0.15, 0.2) is 11.5 Å². The van der Waals surface area contributed by atoms with Crippen LogP contribution in [0.4, 0.5) is 5.69 Å². The fraction of sp³-hybridized carbons (Fsp3) is 0.286. The Labute approximate surface area is 220 Å². The highest BCUT2D eigenvalue weighted by molar-refractivity contribution is 8.01. The Kier molecular flexibility index (Phi) is 8.44. The van der Waals surface area contributed by atoms with Crippen LogP contribution in [-0.4, -0.2) is 37.8 Å². The van der Waals surface area contributed by atoms with Crippen LogP contribution < -0.4 is 19.7 Å². The molecule has 0 spiro atoms. The number of carbonyl (C=O) groups excluding carboxylic acids is 2. The summed E-state index contributed by atoms with van der Waals surface area (Å²) < 4.78 is 10.6. The number of methoxy groups -OCH3 is 2. The van der Waals surface area contributed by atoms with E-state index < -0.39 is 11.2 Å². The smallest absolute Gasteiger partial charge is 0.241 e. The Hall–Kier alpha value is -3.16. The molecular weight excluding hydrogens is 496 g/mol. The maximum Gasteiger partial charge on any atom is 0.241 e. The second-order valence-electron chi connectivity index (χ2n) is 8.58. The van der Waals surface area contributed by atoms with E-state index in [-0.39, 0.29) is 11.8 Å². The largest absolute Gasteiger partial charge is 0.493 e. The van der Waals surface area contributed by atoms with Crippen molar-refractivity contribution in [2.45, 2.75) is 30.0 Å². The first-order valence-corrected chi connectivity index (χ1v) is 13.0. The molecule has 1 aliphatic heterocycles. The molecule has 0 aliphatic carbocycles. The first kappa shape index (κ1) is 25.9. The van der Waals surface area contributed by atoms with Gasteiger partial charge >= 0.3 is 0 Å². The Bertz CT molecular complexity index is 1250. The maximum atomic E-state index is 13.6. The zero-order valence-corrected chi connectivity index (χ0v) is 22.1. The van der Waals surface area contributed by atoms with E-state index in [1.54, 1.807) is 19.1 Å². The van der Waals surface area contributed by atoms with Gasteiger partial charge in [0, 0.05) is 16.5 Å². The summed E-state index contributed by atoms with van der Waals surface area (Å²) in [5, 5.41) is 3.09. The topological polar surface area (TPSA) is 67.9 Å². The minimum Gasteiger partial charge on any atom is -0.493 e. The first-order valence-electron chi connectivity index (χ1n) is 11.7. The van der Waals surface area contributed by atoms with Crippen molar-refractivity contribution < 1.29 is 19.1 Å². The van der Waals surface area contributed by atoms with Gasteiger partial charge in [-0.3, -0.25) is 9.59 Å². The highest BCUT2D eigenvalue weighted by Gasteiger charge is 2.39. The molecule has 1 aliphatic rings. The van der Waals surface area contributed by atoms with Crippen LogP contribution in [0, 0.1) is 5.92 Å². The van der Waals surface area contributed by atoms with E-state index in [1.807, 2.05) is 73.7 Å². The second kappa shape index (κ2) is 11.7. The van der Waals surface area contributed by atoms with E-state index in [4.69, 9.17) is 21.1 Å². The van der Waals surface area contributed by atoms with Gasteiger partial charge in [0.2, 0.25) is 11.8 Å². The Morgan fingerprint density at radius 2 is 1.81 bits per heavy atom. The number of hydrogen-bond donors (Lipinski definition) is 1. The second-order valence-corrected chi connectivity index (χ2v) is 10.2. The lowest BCUT2D eigenvalue weighted by molar-refractivity contribution is -0.128. The molecule has 8 heteroatoms. The molecule has 2 amide bonds. The predicted molar refractivity (Wildman–Crippen MR) is 144 cm³/mol. The number of anilines is 1. The molecule has 0 saturated heterocycles. The molecule has 36 heavy (non-hydrogen) atoms. The number of nitrogens with one attached hydrogen (secondary N) is 1. The molecule has 0 radical (unpaired) electrons. The summed E-state index contributed by atoms with van der Waals surface area (Å²) >= 11 is 7.62. The molecule has 3 aromatic rings. The van der Waals surface area contributed by atoms with Gasteiger partial charge in [-0.2, -0.15) is 0 Å². The molecule has 188 valence electrons. The summed E-state index contributed by atoms with van der Waals surface area (Å²) in [5.41, 5.74) is 2.80. The average Bonchev–Trinajstić information content (AvgIpc) is 2.89. The van der Waals surface area contributed by atoms with Crippen LogP contribution in [0.2, 0.25) is 5.02 Å². The van der Waals surface area contributed by atoms with Gasteiger partial charge in [0.25, 0.3) is 0 Å². The van der Waals surface area contributed by atoms with Crippen LogP contribution in [0.5, 0.6) is 11.5 Å². The zero-order valence-electron chi connectivity index (χ0n) is 20.5. The van der Waals surface area contributed by atoms with Gasteiger partial charge in [-0.25, -0.2) is 0 Å². The Morgan fingerprint density at radius 1 is 1.03 bits per heavy atom. The van der Waals surface area contributed by atoms with Crippen molar-refractivity contribution in [2.24, 2.45) is 5.92 Å². The van der Waals surface area contributed by atoms with Gasteiger partial charge in [-0.15, -0.1) is 11.8 Å². The van der Waals surface area contributed by atoms with E-state index in [9.17, 15) is 9.59 Å². The van der Waals surface area contributed by atoms with Gasteiger partial charge < -0.3 is 19.7 Å². The van der Waals surface area contributed by atoms with Crippen LogP contribution in [-0.2, 0) is 22.6 Å². The molecule has 3 aromatic carbocycles. The number of nitrogens with zero attached hydrogens (tertiary/aromatic N) is 1. The van der Waals surface area contributed by atoms with Gasteiger partial charge in [0.1, 0.15) is 5.25 Å². The highest BCUT2D eigenvalue weighted by atomic mass is 35.5. The standard InChI is InChI=1S/C28H29ClN2O4S/c1-18(27(32)30-14-13-19-11-12-23(34-2)24(16-19)35-3)26-28(33)31(17-20-7-6-8-21(29)15-20)22-9-4-5-10-25(22)36-26/h4-12,15-16,18,26H,13-14,17H2,1-3H3,(H,30,32)/t18-,26+/m0/s1.